The average molecular weight is 269 g/mol. The fourth-order valence-electron chi connectivity index (χ4n) is 2.19. The molecule has 2 rings (SSSR count). The lowest BCUT2D eigenvalue weighted by Gasteiger charge is -2.32. The molecule has 3 nitrogen and oxygen atoms in total. The maximum atomic E-state index is 13.0. The van der Waals surface area contributed by atoms with E-state index in [0.29, 0.717) is 38.1 Å². The van der Waals surface area contributed by atoms with Gasteiger partial charge in [0, 0.05) is 38.4 Å². The van der Waals surface area contributed by atoms with Crippen molar-refractivity contribution in [3.63, 3.8) is 0 Å². The lowest BCUT2D eigenvalue weighted by atomic mass is 10.1. The molecule has 1 aliphatic heterocycles. The van der Waals surface area contributed by atoms with Crippen LogP contribution in [-0.2, 0) is 4.79 Å². The third kappa shape index (κ3) is 3.43. The Morgan fingerprint density at radius 1 is 1.32 bits per heavy atom. The summed E-state index contributed by atoms with van der Waals surface area (Å²) in [4.78, 5) is 13.3. The van der Waals surface area contributed by atoms with E-state index in [9.17, 15) is 13.6 Å². The summed E-state index contributed by atoms with van der Waals surface area (Å²) in [7, 11) is 0. The fourth-order valence-corrected chi connectivity index (χ4v) is 2.19. The van der Waals surface area contributed by atoms with Crippen molar-refractivity contribution in [1.82, 2.24) is 4.90 Å². The predicted molar refractivity (Wildman–Crippen MR) is 66.9 cm³/mol. The van der Waals surface area contributed by atoms with Crippen molar-refractivity contribution in [3.05, 3.63) is 29.8 Å². The van der Waals surface area contributed by atoms with Gasteiger partial charge in [-0.05, 0) is 12.1 Å². The van der Waals surface area contributed by atoms with Crippen LogP contribution in [0.4, 0.5) is 8.78 Å². The van der Waals surface area contributed by atoms with Crippen LogP contribution in [0.2, 0.25) is 0 Å². The number of likely N-dealkylation sites (tertiary alicyclic amines) is 1. The molecule has 0 spiro atoms. The molecule has 0 N–H and O–H groups in total. The highest BCUT2D eigenvalue weighted by Crippen LogP contribution is 2.21. The molecular formula is C14H17F2NO2. The topological polar surface area (TPSA) is 29.5 Å². The first-order chi connectivity index (χ1) is 9.10. The van der Waals surface area contributed by atoms with E-state index in [-0.39, 0.29) is 12.0 Å². The maximum Gasteiger partial charge on any atom is 0.222 e. The summed E-state index contributed by atoms with van der Waals surface area (Å²) < 4.78 is 31.4. The van der Waals surface area contributed by atoms with Crippen molar-refractivity contribution in [3.8, 4) is 5.75 Å². The Hall–Kier alpha value is -1.65. The van der Waals surface area contributed by atoms with Gasteiger partial charge in [0.05, 0.1) is 0 Å². The molecule has 0 saturated carbocycles. The SMILES string of the molecule is CCC(=O)N1CCC(Oc2ccc(F)c(F)c2)CC1. The van der Waals surface area contributed by atoms with Gasteiger partial charge in [-0.25, -0.2) is 8.78 Å². The molecule has 0 aromatic heterocycles. The first kappa shape index (κ1) is 13.8. The van der Waals surface area contributed by atoms with Crippen LogP contribution in [0.3, 0.4) is 0 Å². The Kier molecular flexibility index (Phi) is 4.35. The Balaban J connectivity index is 1.88. The van der Waals surface area contributed by atoms with Gasteiger partial charge < -0.3 is 9.64 Å². The van der Waals surface area contributed by atoms with Gasteiger partial charge in [-0.1, -0.05) is 6.92 Å². The van der Waals surface area contributed by atoms with Crippen LogP contribution in [0.5, 0.6) is 5.75 Å². The summed E-state index contributed by atoms with van der Waals surface area (Å²) >= 11 is 0. The molecule has 1 aliphatic rings. The smallest absolute Gasteiger partial charge is 0.222 e. The van der Waals surface area contributed by atoms with E-state index in [0.717, 1.165) is 12.1 Å². The van der Waals surface area contributed by atoms with Crippen molar-refractivity contribution in [2.45, 2.75) is 32.3 Å². The van der Waals surface area contributed by atoms with Gasteiger partial charge in [-0.15, -0.1) is 0 Å². The minimum atomic E-state index is -0.906. The first-order valence-electron chi connectivity index (χ1n) is 6.49. The summed E-state index contributed by atoms with van der Waals surface area (Å²) in [5.74, 6) is -1.31. The van der Waals surface area contributed by atoms with Crippen molar-refractivity contribution in [1.29, 1.82) is 0 Å². The predicted octanol–water partition coefficient (Wildman–Crippen LogP) is 2.74. The second kappa shape index (κ2) is 5.99. The van der Waals surface area contributed by atoms with Crippen molar-refractivity contribution in [2.75, 3.05) is 13.1 Å². The van der Waals surface area contributed by atoms with Gasteiger partial charge in [0.2, 0.25) is 5.91 Å². The average Bonchev–Trinajstić information content (AvgIpc) is 2.43. The molecule has 0 radical (unpaired) electrons. The van der Waals surface area contributed by atoms with E-state index < -0.39 is 11.6 Å². The van der Waals surface area contributed by atoms with E-state index in [4.69, 9.17) is 4.74 Å². The summed E-state index contributed by atoms with van der Waals surface area (Å²) in [6.07, 6.45) is 1.88. The van der Waals surface area contributed by atoms with E-state index in [1.54, 1.807) is 0 Å². The lowest BCUT2D eigenvalue weighted by molar-refractivity contribution is -0.132. The van der Waals surface area contributed by atoms with Crippen LogP contribution >= 0.6 is 0 Å². The minimum absolute atomic E-state index is 0.0502. The highest BCUT2D eigenvalue weighted by molar-refractivity contribution is 5.75. The van der Waals surface area contributed by atoms with Gasteiger partial charge in [0.25, 0.3) is 0 Å². The fraction of sp³-hybridized carbons (Fsp3) is 0.500. The van der Waals surface area contributed by atoms with E-state index in [2.05, 4.69) is 0 Å². The monoisotopic (exact) mass is 269 g/mol. The van der Waals surface area contributed by atoms with Crippen LogP contribution < -0.4 is 4.74 Å². The van der Waals surface area contributed by atoms with E-state index in [1.807, 2.05) is 11.8 Å². The molecule has 5 heteroatoms. The third-order valence-electron chi connectivity index (χ3n) is 3.29. The number of nitrogens with zero attached hydrogens (tertiary/aromatic N) is 1. The maximum absolute atomic E-state index is 13.0. The molecule has 1 heterocycles. The van der Waals surface area contributed by atoms with Crippen molar-refractivity contribution < 1.29 is 18.3 Å². The molecule has 0 unspecified atom stereocenters. The van der Waals surface area contributed by atoms with Crippen LogP contribution in [-0.4, -0.2) is 30.0 Å². The molecule has 104 valence electrons. The number of piperidine rings is 1. The molecule has 0 aliphatic carbocycles. The quantitative estimate of drug-likeness (QED) is 0.844. The second-order valence-corrected chi connectivity index (χ2v) is 4.63. The number of amides is 1. The van der Waals surface area contributed by atoms with Gasteiger partial charge in [0.1, 0.15) is 11.9 Å². The lowest BCUT2D eigenvalue weighted by Crippen LogP contribution is -2.41. The molecule has 0 atom stereocenters. The van der Waals surface area contributed by atoms with Gasteiger partial charge in [0.15, 0.2) is 11.6 Å². The van der Waals surface area contributed by atoms with Crippen molar-refractivity contribution in [2.24, 2.45) is 0 Å². The highest BCUT2D eigenvalue weighted by Gasteiger charge is 2.23. The van der Waals surface area contributed by atoms with Gasteiger partial charge >= 0.3 is 0 Å². The molecule has 1 aromatic carbocycles. The summed E-state index contributed by atoms with van der Waals surface area (Å²) in [6.45, 7) is 3.15. The third-order valence-corrected chi connectivity index (χ3v) is 3.29. The minimum Gasteiger partial charge on any atom is -0.490 e. The normalized spacial score (nSPS) is 16.5. The molecule has 1 aromatic rings. The highest BCUT2D eigenvalue weighted by atomic mass is 19.2. The molecule has 1 fully saturated rings. The Morgan fingerprint density at radius 3 is 2.58 bits per heavy atom. The number of rotatable bonds is 3. The molecular weight excluding hydrogens is 252 g/mol. The number of carbonyl (C=O) groups is 1. The zero-order valence-corrected chi connectivity index (χ0v) is 10.9. The van der Waals surface area contributed by atoms with Gasteiger partial charge in [-0.2, -0.15) is 0 Å². The van der Waals surface area contributed by atoms with Crippen LogP contribution in [0.1, 0.15) is 26.2 Å². The van der Waals surface area contributed by atoms with Crippen LogP contribution in [0, 0.1) is 11.6 Å². The van der Waals surface area contributed by atoms with E-state index in [1.165, 1.54) is 6.07 Å². The van der Waals surface area contributed by atoms with Crippen molar-refractivity contribution >= 4 is 5.91 Å². The molecule has 0 bridgehead atoms. The number of hydrogen-bond donors (Lipinski definition) is 0. The number of hydrogen-bond acceptors (Lipinski definition) is 2. The molecule has 1 amide bonds. The largest absolute Gasteiger partial charge is 0.490 e. The number of ether oxygens (including phenoxy) is 1. The Labute approximate surface area is 111 Å². The number of carbonyl (C=O) groups excluding carboxylic acids is 1. The standard InChI is InChI=1S/C14H17F2NO2/c1-2-14(18)17-7-5-10(6-8-17)19-11-3-4-12(15)13(16)9-11/h3-4,9-10H,2,5-8H2,1H3. The zero-order chi connectivity index (χ0) is 13.8. The number of benzene rings is 1. The Morgan fingerprint density at radius 2 is 2.00 bits per heavy atom. The van der Waals surface area contributed by atoms with Crippen LogP contribution in [0.25, 0.3) is 0 Å². The number of halogens is 2. The zero-order valence-electron chi connectivity index (χ0n) is 10.9. The van der Waals surface area contributed by atoms with E-state index >= 15 is 0 Å². The molecule has 19 heavy (non-hydrogen) atoms. The summed E-state index contributed by atoms with van der Waals surface area (Å²) in [6, 6.07) is 3.53. The van der Waals surface area contributed by atoms with Crippen LogP contribution in [0.15, 0.2) is 18.2 Å². The first-order valence-corrected chi connectivity index (χ1v) is 6.49. The van der Waals surface area contributed by atoms with Gasteiger partial charge in [-0.3, -0.25) is 4.79 Å². The summed E-state index contributed by atoms with van der Waals surface area (Å²) in [5.41, 5.74) is 0. The second-order valence-electron chi connectivity index (χ2n) is 4.63. The summed E-state index contributed by atoms with van der Waals surface area (Å²) in [5, 5.41) is 0. The molecule has 1 saturated heterocycles. The Bertz CT molecular complexity index is 457.